The highest BCUT2D eigenvalue weighted by Crippen LogP contribution is 2.66. The second-order valence-corrected chi connectivity index (χ2v) is 15.9. The van der Waals surface area contributed by atoms with Gasteiger partial charge in [0, 0.05) is 46.0 Å². The Labute approximate surface area is 314 Å². The van der Waals surface area contributed by atoms with E-state index in [1.807, 2.05) is 0 Å². The number of esters is 5. The average molecular weight is 764 g/mol. The predicted octanol–water partition coefficient (Wildman–Crippen LogP) is 2.49. The number of ether oxygens (including phenoxy) is 7. The van der Waals surface area contributed by atoms with E-state index in [9.17, 15) is 33.6 Å². The maximum Gasteiger partial charge on any atom is 0.339 e. The molecule has 0 unspecified atom stereocenters. The van der Waals surface area contributed by atoms with Crippen LogP contribution in [-0.2, 0) is 61.9 Å². The van der Waals surface area contributed by atoms with E-state index in [0.29, 0.717) is 12.1 Å². The normalized spacial score (nSPS) is 38.8. The number of carbonyl (C=O) groups excluding carboxylic acids is 7. The van der Waals surface area contributed by atoms with Crippen LogP contribution in [0, 0.1) is 40.4 Å². The maximum atomic E-state index is 14.4. The number of Topliss-reactive ketones (excluding diaryl/α,β-unsaturated/α-hetero) is 1. The number of carbonyl (C=O) groups is 7. The third-order valence-corrected chi connectivity index (χ3v) is 12.6. The molecule has 4 saturated carbocycles. The Morgan fingerprint density at radius 1 is 0.833 bits per heavy atom. The zero-order valence-corrected chi connectivity index (χ0v) is 32.0. The summed E-state index contributed by atoms with van der Waals surface area (Å²) >= 11 is 0. The van der Waals surface area contributed by atoms with Crippen LogP contribution >= 0.6 is 0 Å². The average Bonchev–Trinajstić information content (AvgIpc) is 3.41. The van der Waals surface area contributed by atoms with Gasteiger partial charge >= 0.3 is 35.9 Å². The number of nitrogens with zero attached hydrogens (tertiary/aromatic N) is 1. The molecule has 0 radical (unpaired) electrons. The van der Waals surface area contributed by atoms with Crippen molar-refractivity contribution in [2.45, 2.75) is 130 Å². The van der Waals surface area contributed by atoms with Crippen LogP contribution in [-0.4, -0.2) is 97.9 Å². The van der Waals surface area contributed by atoms with Gasteiger partial charge in [-0.05, 0) is 73.5 Å². The van der Waals surface area contributed by atoms with Gasteiger partial charge in [-0.2, -0.15) is 5.10 Å². The highest BCUT2D eigenvalue weighted by molar-refractivity contribution is 5.92. The van der Waals surface area contributed by atoms with Crippen LogP contribution in [0.25, 0.3) is 0 Å². The van der Waals surface area contributed by atoms with Gasteiger partial charge in [-0.3, -0.25) is 24.0 Å². The molecule has 0 spiro atoms. The van der Waals surface area contributed by atoms with E-state index >= 15 is 0 Å². The summed E-state index contributed by atoms with van der Waals surface area (Å²) in [5.41, 5.74) is 7.26. The summed E-state index contributed by atoms with van der Waals surface area (Å²) in [7, 11) is 1.08. The summed E-state index contributed by atoms with van der Waals surface area (Å²) in [5, 5.41) is 4.35. The van der Waals surface area contributed by atoms with Gasteiger partial charge in [-0.25, -0.2) is 15.0 Å². The highest BCUT2D eigenvalue weighted by Gasteiger charge is 2.64. The molecule has 3 N–H and O–H groups in total. The molecule has 300 valence electrons. The number of fused-ring (bicyclic) bond motifs is 5. The Morgan fingerprint density at radius 3 is 2.07 bits per heavy atom. The first kappa shape index (κ1) is 41.1. The quantitative estimate of drug-likeness (QED) is 0.141. The minimum absolute atomic E-state index is 0.123. The number of urea groups is 1. The van der Waals surface area contributed by atoms with Gasteiger partial charge < -0.3 is 38.9 Å². The van der Waals surface area contributed by atoms with Crippen molar-refractivity contribution < 1.29 is 66.7 Å². The lowest BCUT2D eigenvalue weighted by Gasteiger charge is -2.60. The Bertz CT molecular complexity index is 1550. The molecule has 17 nitrogen and oxygen atoms in total. The van der Waals surface area contributed by atoms with Crippen LogP contribution < -0.4 is 11.2 Å². The summed E-state index contributed by atoms with van der Waals surface area (Å²) in [6, 6.07) is -0.931. The van der Waals surface area contributed by atoms with Crippen LogP contribution in [0.5, 0.6) is 0 Å². The first-order valence-electron chi connectivity index (χ1n) is 18.6. The number of rotatable bonds is 10. The fourth-order valence-corrected chi connectivity index (χ4v) is 10.6. The Hall–Kier alpha value is -4.12. The number of nitrogens with two attached hydrogens (primary N) is 1. The summed E-state index contributed by atoms with van der Waals surface area (Å²) in [4.78, 5) is 87.6. The van der Waals surface area contributed by atoms with E-state index in [-0.39, 0.29) is 65.9 Å². The molecule has 17 heteroatoms. The van der Waals surface area contributed by atoms with E-state index in [2.05, 4.69) is 24.4 Å². The SMILES string of the molecule is COC(=O)[C@@H]1O[C@H](OC/C(=N\NC(N)=O)[C@@H]2CC[C@@H]3[C@@H]4CC[C@@H]5C[C@H](OC(C)=O)CC[C@]5(C)[C@@H]4C(=O)C[C@]32C)[C@@H](OC(C)=O)[C@H](OC(C)=O)[C@H]1OC(C)=O. The zero-order valence-electron chi connectivity index (χ0n) is 32.0. The van der Waals surface area contributed by atoms with Crippen LogP contribution in [0.15, 0.2) is 5.10 Å². The number of amides is 2. The van der Waals surface area contributed by atoms with Crippen molar-refractivity contribution in [2.24, 2.45) is 51.3 Å². The number of methoxy groups -OCH3 is 1. The van der Waals surface area contributed by atoms with Gasteiger partial charge in [0.25, 0.3) is 0 Å². The third-order valence-electron chi connectivity index (χ3n) is 12.6. The summed E-state index contributed by atoms with van der Waals surface area (Å²) < 4.78 is 38.9. The molecule has 5 rings (SSSR count). The van der Waals surface area contributed by atoms with E-state index in [4.69, 9.17) is 38.9 Å². The van der Waals surface area contributed by atoms with E-state index in [0.717, 1.165) is 66.4 Å². The number of nitrogens with one attached hydrogen (secondary N) is 1. The smallest absolute Gasteiger partial charge is 0.339 e. The molecule has 1 heterocycles. The molecule has 0 aromatic heterocycles. The number of hydrazone groups is 1. The highest BCUT2D eigenvalue weighted by atomic mass is 16.7. The van der Waals surface area contributed by atoms with Crippen molar-refractivity contribution in [3.63, 3.8) is 0 Å². The standard InChI is InChI=1S/C37H53N3O14/c1-17(41)50-22-12-13-36(5)21(14-22)8-9-23-24-10-11-25(37(24,6)15-27(45)28(23)36)26(39-40-35(38)47)16-49-34-32(53-20(4)44)30(52-19(3)43)29(51-18(2)42)31(54-34)33(46)48-7/h21-25,28-32,34H,8-16H2,1-7H3,(H3,38,40,47)/b39-26+/t21-,22-,23+,24-,25+,28+,29-,30-,31-,32+,34+,36+,37-/m1/s1. The van der Waals surface area contributed by atoms with E-state index in [1.54, 1.807) is 0 Å². The Kier molecular flexibility index (Phi) is 12.4. The van der Waals surface area contributed by atoms with Gasteiger partial charge in [0.05, 0.1) is 19.4 Å². The van der Waals surface area contributed by atoms with Gasteiger partial charge in [0.1, 0.15) is 11.9 Å². The van der Waals surface area contributed by atoms with Gasteiger partial charge in [0.2, 0.25) is 0 Å². The second kappa shape index (κ2) is 16.3. The van der Waals surface area contributed by atoms with Crippen molar-refractivity contribution in [2.75, 3.05) is 13.7 Å². The maximum absolute atomic E-state index is 14.4. The first-order valence-corrected chi connectivity index (χ1v) is 18.6. The van der Waals surface area contributed by atoms with Crippen molar-refractivity contribution in [3.8, 4) is 0 Å². The topological polar surface area (TPSA) is 235 Å². The summed E-state index contributed by atoms with van der Waals surface area (Å²) in [5.74, 6) is -3.56. The molecule has 13 atom stereocenters. The van der Waals surface area contributed by atoms with E-state index in [1.165, 1.54) is 6.92 Å². The lowest BCUT2D eigenvalue weighted by Crippen LogP contribution is -2.64. The summed E-state index contributed by atoms with van der Waals surface area (Å²) in [6.45, 7) is 8.63. The molecule has 0 bridgehead atoms. The molecule has 1 aliphatic heterocycles. The monoisotopic (exact) mass is 763 g/mol. The predicted molar refractivity (Wildman–Crippen MR) is 185 cm³/mol. The van der Waals surface area contributed by atoms with Crippen molar-refractivity contribution >= 4 is 47.4 Å². The molecule has 5 fully saturated rings. The molecule has 1 saturated heterocycles. The van der Waals surface area contributed by atoms with E-state index < -0.39 is 66.0 Å². The number of primary amides is 1. The fraction of sp³-hybridized carbons (Fsp3) is 0.784. The fourth-order valence-electron chi connectivity index (χ4n) is 10.6. The molecular formula is C37H53N3O14. The molecule has 2 amide bonds. The molecule has 0 aromatic rings. The molecule has 5 aliphatic rings. The van der Waals surface area contributed by atoms with Gasteiger partial charge in [-0.15, -0.1) is 0 Å². The second-order valence-electron chi connectivity index (χ2n) is 15.9. The first-order chi connectivity index (χ1) is 25.4. The Morgan fingerprint density at radius 2 is 1.46 bits per heavy atom. The van der Waals surface area contributed by atoms with Crippen LogP contribution in [0.2, 0.25) is 0 Å². The number of hydrogen-bond donors (Lipinski definition) is 2. The lowest BCUT2D eigenvalue weighted by molar-refractivity contribution is -0.298. The molecule has 0 aromatic carbocycles. The van der Waals surface area contributed by atoms with Crippen molar-refractivity contribution in [3.05, 3.63) is 0 Å². The van der Waals surface area contributed by atoms with Gasteiger partial charge in [0.15, 0.2) is 30.7 Å². The minimum Gasteiger partial charge on any atom is -0.467 e. The van der Waals surface area contributed by atoms with Crippen molar-refractivity contribution in [1.82, 2.24) is 5.43 Å². The molecule has 4 aliphatic carbocycles. The van der Waals surface area contributed by atoms with Crippen LogP contribution in [0.3, 0.4) is 0 Å². The Balaban J connectivity index is 1.42. The van der Waals surface area contributed by atoms with Crippen molar-refractivity contribution in [1.29, 1.82) is 0 Å². The number of ketones is 1. The lowest BCUT2D eigenvalue weighted by atomic mass is 9.44. The van der Waals surface area contributed by atoms with Gasteiger partial charge in [-0.1, -0.05) is 13.8 Å². The molecular weight excluding hydrogens is 710 g/mol. The molecule has 54 heavy (non-hydrogen) atoms. The third kappa shape index (κ3) is 8.26. The summed E-state index contributed by atoms with van der Waals surface area (Å²) in [6.07, 6.45) is -2.33. The van der Waals surface area contributed by atoms with Crippen LogP contribution in [0.1, 0.15) is 92.9 Å². The minimum atomic E-state index is -1.66. The zero-order chi connectivity index (χ0) is 39.7. The largest absolute Gasteiger partial charge is 0.467 e. The number of hydrogen-bond acceptors (Lipinski definition) is 15. The van der Waals surface area contributed by atoms with Crippen LogP contribution in [0.4, 0.5) is 4.79 Å².